The first-order chi connectivity index (χ1) is 8.81. The SMILES string of the molecule is COC(=O)c1cncc(N2CCCCCCC2)n1. The first-order valence-electron chi connectivity index (χ1n) is 6.46. The number of rotatable bonds is 2. The summed E-state index contributed by atoms with van der Waals surface area (Å²) in [5.74, 6) is 0.344. The normalized spacial score (nSPS) is 16.8. The molecule has 98 valence electrons. The number of anilines is 1. The molecule has 0 aromatic carbocycles. The van der Waals surface area contributed by atoms with Crippen LogP contribution in [0.1, 0.15) is 42.6 Å². The molecule has 0 aliphatic carbocycles. The summed E-state index contributed by atoms with van der Waals surface area (Å²) in [7, 11) is 1.35. The smallest absolute Gasteiger partial charge is 0.358 e. The lowest BCUT2D eigenvalue weighted by molar-refractivity contribution is 0.0593. The fourth-order valence-electron chi connectivity index (χ4n) is 2.19. The second kappa shape index (κ2) is 6.33. The number of hydrogen-bond acceptors (Lipinski definition) is 5. The van der Waals surface area contributed by atoms with E-state index in [-0.39, 0.29) is 5.69 Å². The van der Waals surface area contributed by atoms with Gasteiger partial charge in [0.05, 0.1) is 19.5 Å². The number of aromatic nitrogens is 2. The summed E-state index contributed by atoms with van der Waals surface area (Å²) in [4.78, 5) is 22.0. The molecule has 0 N–H and O–H groups in total. The van der Waals surface area contributed by atoms with Gasteiger partial charge in [0.2, 0.25) is 0 Å². The molecular formula is C13H19N3O2. The lowest BCUT2D eigenvalue weighted by Gasteiger charge is -2.25. The maximum Gasteiger partial charge on any atom is 0.358 e. The van der Waals surface area contributed by atoms with Crippen LogP contribution >= 0.6 is 0 Å². The molecule has 5 nitrogen and oxygen atoms in total. The van der Waals surface area contributed by atoms with Crippen LogP contribution in [0.15, 0.2) is 12.4 Å². The topological polar surface area (TPSA) is 55.3 Å². The van der Waals surface area contributed by atoms with Crippen molar-refractivity contribution in [3.63, 3.8) is 0 Å². The van der Waals surface area contributed by atoms with Crippen molar-refractivity contribution in [2.75, 3.05) is 25.1 Å². The number of methoxy groups -OCH3 is 1. The van der Waals surface area contributed by atoms with E-state index in [2.05, 4.69) is 19.6 Å². The van der Waals surface area contributed by atoms with Gasteiger partial charge >= 0.3 is 5.97 Å². The van der Waals surface area contributed by atoms with Gasteiger partial charge in [0.25, 0.3) is 0 Å². The third kappa shape index (κ3) is 3.18. The monoisotopic (exact) mass is 249 g/mol. The van der Waals surface area contributed by atoms with Crippen molar-refractivity contribution in [1.29, 1.82) is 0 Å². The van der Waals surface area contributed by atoms with Crippen LogP contribution in [0.4, 0.5) is 5.82 Å². The number of carbonyl (C=O) groups is 1. The maximum absolute atomic E-state index is 11.4. The van der Waals surface area contributed by atoms with Gasteiger partial charge in [-0.2, -0.15) is 0 Å². The molecular weight excluding hydrogens is 230 g/mol. The zero-order valence-corrected chi connectivity index (χ0v) is 10.8. The van der Waals surface area contributed by atoms with Gasteiger partial charge in [0.15, 0.2) is 5.69 Å². The van der Waals surface area contributed by atoms with Crippen LogP contribution in [0.25, 0.3) is 0 Å². The lowest BCUT2D eigenvalue weighted by atomic mass is 10.1. The van der Waals surface area contributed by atoms with E-state index in [1.807, 2.05) is 0 Å². The third-order valence-corrected chi connectivity index (χ3v) is 3.20. The van der Waals surface area contributed by atoms with Crippen molar-refractivity contribution in [3.8, 4) is 0 Å². The Morgan fingerprint density at radius 3 is 2.50 bits per heavy atom. The van der Waals surface area contributed by atoms with Gasteiger partial charge in [-0.1, -0.05) is 19.3 Å². The highest BCUT2D eigenvalue weighted by molar-refractivity contribution is 5.87. The Hall–Kier alpha value is -1.65. The zero-order chi connectivity index (χ0) is 12.8. The Bertz CT molecular complexity index is 401. The number of carbonyl (C=O) groups excluding carboxylic acids is 1. The molecule has 0 radical (unpaired) electrons. The number of hydrogen-bond donors (Lipinski definition) is 0. The van der Waals surface area contributed by atoms with Gasteiger partial charge in [-0.15, -0.1) is 0 Å². The molecule has 1 fully saturated rings. The minimum absolute atomic E-state index is 0.275. The van der Waals surface area contributed by atoms with Gasteiger partial charge in [0, 0.05) is 13.1 Å². The standard InChI is InChI=1S/C13H19N3O2/c1-18-13(17)11-9-14-10-12(15-11)16-7-5-3-2-4-6-8-16/h9-10H,2-8H2,1H3. The molecule has 1 aliphatic rings. The van der Waals surface area contributed by atoms with Crippen LogP contribution in [0.5, 0.6) is 0 Å². The minimum Gasteiger partial charge on any atom is -0.464 e. The van der Waals surface area contributed by atoms with E-state index in [9.17, 15) is 4.79 Å². The number of ether oxygens (including phenoxy) is 1. The summed E-state index contributed by atoms with van der Waals surface area (Å²) < 4.78 is 4.66. The average Bonchev–Trinajstić information content (AvgIpc) is 2.37. The Labute approximate surface area is 107 Å². The maximum atomic E-state index is 11.4. The van der Waals surface area contributed by atoms with E-state index >= 15 is 0 Å². The van der Waals surface area contributed by atoms with E-state index < -0.39 is 5.97 Å². The van der Waals surface area contributed by atoms with Crippen LogP contribution in [0, 0.1) is 0 Å². The highest BCUT2D eigenvalue weighted by atomic mass is 16.5. The van der Waals surface area contributed by atoms with Crippen molar-refractivity contribution >= 4 is 11.8 Å². The first-order valence-corrected chi connectivity index (χ1v) is 6.46. The molecule has 0 amide bonds. The van der Waals surface area contributed by atoms with Gasteiger partial charge < -0.3 is 9.64 Å². The van der Waals surface area contributed by atoms with Crippen LogP contribution in [-0.4, -0.2) is 36.1 Å². The molecule has 0 spiro atoms. The van der Waals surface area contributed by atoms with Crippen LogP contribution in [0.2, 0.25) is 0 Å². The quantitative estimate of drug-likeness (QED) is 0.751. The molecule has 1 aromatic heterocycles. The molecule has 1 aliphatic heterocycles. The second-order valence-electron chi connectivity index (χ2n) is 4.51. The van der Waals surface area contributed by atoms with Gasteiger partial charge in [-0.3, -0.25) is 4.98 Å². The largest absolute Gasteiger partial charge is 0.464 e. The van der Waals surface area contributed by atoms with Crippen molar-refractivity contribution in [3.05, 3.63) is 18.1 Å². The van der Waals surface area contributed by atoms with E-state index in [0.29, 0.717) is 0 Å². The molecule has 18 heavy (non-hydrogen) atoms. The molecule has 1 aromatic rings. The Kier molecular flexibility index (Phi) is 4.50. The molecule has 2 rings (SSSR count). The van der Waals surface area contributed by atoms with Crippen molar-refractivity contribution in [1.82, 2.24) is 9.97 Å². The summed E-state index contributed by atoms with van der Waals surface area (Å²) in [5.41, 5.74) is 0.275. The number of esters is 1. The fourth-order valence-corrected chi connectivity index (χ4v) is 2.19. The molecule has 0 atom stereocenters. The Morgan fingerprint density at radius 1 is 1.17 bits per heavy atom. The molecule has 5 heteroatoms. The van der Waals surface area contributed by atoms with Crippen LogP contribution in [0.3, 0.4) is 0 Å². The minimum atomic E-state index is -0.434. The highest BCUT2D eigenvalue weighted by Crippen LogP contribution is 2.16. The van der Waals surface area contributed by atoms with Crippen LogP contribution < -0.4 is 4.90 Å². The third-order valence-electron chi connectivity index (χ3n) is 3.20. The summed E-state index contributed by atoms with van der Waals surface area (Å²) in [6.07, 6.45) is 9.35. The van der Waals surface area contributed by atoms with E-state index in [1.165, 1.54) is 45.4 Å². The first kappa shape index (κ1) is 12.8. The predicted molar refractivity (Wildman–Crippen MR) is 68.7 cm³/mol. The van der Waals surface area contributed by atoms with Crippen LogP contribution in [-0.2, 0) is 4.74 Å². The van der Waals surface area contributed by atoms with Gasteiger partial charge in [-0.05, 0) is 12.8 Å². The van der Waals surface area contributed by atoms with Crippen molar-refractivity contribution < 1.29 is 9.53 Å². The molecule has 2 heterocycles. The second-order valence-corrected chi connectivity index (χ2v) is 4.51. The average molecular weight is 249 g/mol. The fraction of sp³-hybridized carbons (Fsp3) is 0.615. The lowest BCUT2D eigenvalue weighted by Crippen LogP contribution is -2.28. The summed E-state index contributed by atoms with van der Waals surface area (Å²) in [6.45, 7) is 1.97. The van der Waals surface area contributed by atoms with E-state index in [4.69, 9.17) is 0 Å². The Morgan fingerprint density at radius 2 is 1.83 bits per heavy atom. The Balaban J connectivity index is 2.13. The van der Waals surface area contributed by atoms with Crippen molar-refractivity contribution in [2.24, 2.45) is 0 Å². The van der Waals surface area contributed by atoms with Gasteiger partial charge in [0.1, 0.15) is 5.82 Å². The van der Waals surface area contributed by atoms with Crippen molar-refractivity contribution in [2.45, 2.75) is 32.1 Å². The number of nitrogens with zero attached hydrogens (tertiary/aromatic N) is 3. The summed E-state index contributed by atoms with van der Waals surface area (Å²) >= 11 is 0. The molecule has 0 unspecified atom stereocenters. The summed E-state index contributed by atoms with van der Waals surface area (Å²) in [6, 6.07) is 0. The van der Waals surface area contributed by atoms with Gasteiger partial charge in [-0.25, -0.2) is 9.78 Å². The predicted octanol–water partition coefficient (Wildman–Crippen LogP) is 2.03. The summed E-state index contributed by atoms with van der Waals surface area (Å²) in [5, 5.41) is 0. The zero-order valence-electron chi connectivity index (χ0n) is 10.8. The molecule has 1 saturated heterocycles. The molecule has 0 bridgehead atoms. The molecule has 0 saturated carbocycles. The van der Waals surface area contributed by atoms with E-state index in [1.54, 1.807) is 6.20 Å². The van der Waals surface area contributed by atoms with E-state index in [0.717, 1.165) is 18.9 Å². The highest BCUT2D eigenvalue weighted by Gasteiger charge is 2.14.